The second-order valence-electron chi connectivity index (χ2n) is 4.80. The van der Waals surface area contributed by atoms with Crippen LogP contribution in [0.25, 0.3) is 0 Å². The van der Waals surface area contributed by atoms with E-state index in [9.17, 15) is 4.79 Å². The van der Waals surface area contributed by atoms with Gasteiger partial charge >= 0.3 is 5.97 Å². The minimum Gasteiger partial charge on any atom is -0.489 e. The minimum atomic E-state index is -0.172. The molecule has 2 aromatic carbocycles. The Hall–Kier alpha value is -1.94. The van der Waals surface area contributed by atoms with Crippen LogP contribution < -0.4 is 4.74 Å². The molecule has 116 valence electrons. The maximum atomic E-state index is 11.0. The Labute approximate surface area is 135 Å². The summed E-state index contributed by atoms with van der Waals surface area (Å²) in [4.78, 5) is 11.0. The molecule has 0 aromatic heterocycles. The third-order valence-corrected chi connectivity index (χ3v) is 4.09. The van der Waals surface area contributed by atoms with Crippen LogP contribution in [-0.4, -0.2) is 24.6 Å². The maximum absolute atomic E-state index is 11.0. The molecule has 0 atom stereocenters. The molecule has 0 heterocycles. The molecule has 0 N–H and O–H groups in total. The highest BCUT2D eigenvalue weighted by Crippen LogP contribution is 2.15. The van der Waals surface area contributed by atoms with E-state index in [-0.39, 0.29) is 5.97 Å². The van der Waals surface area contributed by atoms with Crippen molar-refractivity contribution in [1.29, 1.82) is 0 Å². The SMILES string of the molecule is COC(=O)CSCCc1ccc(OCc2ccccc2)cc1. The monoisotopic (exact) mass is 316 g/mol. The highest BCUT2D eigenvalue weighted by atomic mass is 32.2. The van der Waals surface area contributed by atoms with Gasteiger partial charge in [0.1, 0.15) is 12.4 Å². The number of thioether (sulfide) groups is 1. The van der Waals surface area contributed by atoms with Gasteiger partial charge in [0.2, 0.25) is 0 Å². The lowest BCUT2D eigenvalue weighted by Gasteiger charge is -2.07. The molecule has 0 saturated heterocycles. The molecule has 0 amide bonds. The van der Waals surface area contributed by atoms with E-state index in [1.54, 1.807) is 11.8 Å². The topological polar surface area (TPSA) is 35.5 Å². The van der Waals surface area contributed by atoms with Crippen LogP contribution in [0.5, 0.6) is 5.75 Å². The lowest BCUT2D eigenvalue weighted by atomic mass is 10.2. The molecular formula is C18H20O3S. The maximum Gasteiger partial charge on any atom is 0.315 e. The average Bonchev–Trinajstić information content (AvgIpc) is 2.58. The number of aryl methyl sites for hydroxylation is 1. The van der Waals surface area contributed by atoms with Gasteiger partial charge in [-0.1, -0.05) is 42.5 Å². The van der Waals surface area contributed by atoms with Crippen molar-refractivity contribution in [1.82, 2.24) is 0 Å². The van der Waals surface area contributed by atoms with Gasteiger partial charge in [-0.3, -0.25) is 4.79 Å². The first-order valence-electron chi connectivity index (χ1n) is 7.18. The van der Waals surface area contributed by atoms with Crippen LogP contribution >= 0.6 is 11.8 Å². The number of ether oxygens (including phenoxy) is 2. The minimum absolute atomic E-state index is 0.172. The molecule has 0 aliphatic heterocycles. The van der Waals surface area contributed by atoms with Crippen LogP contribution in [-0.2, 0) is 22.6 Å². The van der Waals surface area contributed by atoms with Crippen molar-refractivity contribution in [2.45, 2.75) is 13.0 Å². The Bertz CT molecular complexity index is 567. The fourth-order valence-corrected chi connectivity index (χ4v) is 2.71. The summed E-state index contributed by atoms with van der Waals surface area (Å²) in [5, 5.41) is 0. The third-order valence-electron chi connectivity index (χ3n) is 3.15. The smallest absolute Gasteiger partial charge is 0.315 e. The van der Waals surface area contributed by atoms with Gasteiger partial charge in [0, 0.05) is 0 Å². The van der Waals surface area contributed by atoms with Gasteiger partial charge in [-0.15, -0.1) is 11.8 Å². The number of hydrogen-bond donors (Lipinski definition) is 0. The molecular weight excluding hydrogens is 296 g/mol. The van der Waals surface area contributed by atoms with Crippen molar-refractivity contribution in [3.05, 3.63) is 65.7 Å². The fourth-order valence-electron chi connectivity index (χ4n) is 1.90. The molecule has 4 heteroatoms. The molecule has 2 rings (SSSR count). The van der Waals surface area contributed by atoms with Crippen LogP contribution in [0.1, 0.15) is 11.1 Å². The molecule has 0 fully saturated rings. The normalized spacial score (nSPS) is 10.2. The van der Waals surface area contributed by atoms with Crippen molar-refractivity contribution in [3.63, 3.8) is 0 Å². The summed E-state index contributed by atoms with van der Waals surface area (Å²) in [6, 6.07) is 18.2. The molecule has 0 spiro atoms. The van der Waals surface area contributed by atoms with Gasteiger partial charge in [-0.25, -0.2) is 0 Å². The quantitative estimate of drug-likeness (QED) is 0.549. The van der Waals surface area contributed by atoms with Gasteiger partial charge in [0.15, 0.2) is 0 Å². The highest BCUT2D eigenvalue weighted by Gasteiger charge is 2.01. The van der Waals surface area contributed by atoms with E-state index in [0.717, 1.165) is 23.5 Å². The first-order valence-corrected chi connectivity index (χ1v) is 8.33. The molecule has 3 nitrogen and oxygen atoms in total. The lowest BCUT2D eigenvalue weighted by Crippen LogP contribution is -2.04. The summed E-state index contributed by atoms with van der Waals surface area (Å²) in [6.07, 6.45) is 0.931. The molecule has 0 unspecified atom stereocenters. The van der Waals surface area contributed by atoms with Crippen LogP contribution in [0.15, 0.2) is 54.6 Å². The summed E-state index contributed by atoms with van der Waals surface area (Å²) in [5.74, 6) is 2.01. The number of carbonyl (C=O) groups is 1. The van der Waals surface area contributed by atoms with Crippen LogP contribution in [0.2, 0.25) is 0 Å². The standard InChI is InChI=1S/C18H20O3S/c1-20-18(19)14-22-12-11-15-7-9-17(10-8-15)21-13-16-5-3-2-4-6-16/h2-10H,11-14H2,1H3. The van der Waals surface area contributed by atoms with E-state index in [1.807, 2.05) is 42.5 Å². The second kappa shape index (κ2) is 9.15. The third kappa shape index (κ3) is 5.82. The number of benzene rings is 2. The van der Waals surface area contributed by atoms with Crippen molar-refractivity contribution in [2.75, 3.05) is 18.6 Å². The number of esters is 1. The average molecular weight is 316 g/mol. The Morgan fingerprint density at radius 1 is 1.00 bits per heavy atom. The molecule has 0 aliphatic rings. The summed E-state index contributed by atoms with van der Waals surface area (Å²) in [5.41, 5.74) is 2.40. The Kier molecular flexibility index (Phi) is 6.84. The predicted molar refractivity (Wildman–Crippen MR) is 90.3 cm³/mol. The van der Waals surface area contributed by atoms with Crippen molar-refractivity contribution in [3.8, 4) is 5.75 Å². The van der Waals surface area contributed by atoms with Crippen molar-refractivity contribution in [2.24, 2.45) is 0 Å². The van der Waals surface area contributed by atoms with E-state index in [2.05, 4.69) is 16.9 Å². The van der Waals surface area contributed by atoms with Gasteiger partial charge in [0.25, 0.3) is 0 Å². The van der Waals surface area contributed by atoms with E-state index in [0.29, 0.717) is 12.4 Å². The zero-order chi connectivity index (χ0) is 15.6. The van der Waals surface area contributed by atoms with Crippen molar-refractivity contribution < 1.29 is 14.3 Å². The Morgan fingerprint density at radius 3 is 2.41 bits per heavy atom. The van der Waals surface area contributed by atoms with Crippen LogP contribution in [0.4, 0.5) is 0 Å². The summed E-state index contributed by atoms with van der Waals surface area (Å²) in [7, 11) is 1.41. The largest absolute Gasteiger partial charge is 0.489 e. The van der Waals surface area contributed by atoms with Crippen LogP contribution in [0.3, 0.4) is 0 Å². The lowest BCUT2D eigenvalue weighted by molar-refractivity contribution is -0.137. The molecule has 22 heavy (non-hydrogen) atoms. The zero-order valence-corrected chi connectivity index (χ0v) is 13.5. The highest BCUT2D eigenvalue weighted by molar-refractivity contribution is 7.99. The zero-order valence-electron chi connectivity index (χ0n) is 12.7. The summed E-state index contributed by atoms with van der Waals surface area (Å²) < 4.78 is 10.4. The summed E-state index contributed by atoms with van der Waals surface area (Å²) >= 11 is 1.59. The molecule has 0 aliphatic carbocycles. The number of hydrogen-bond acceptors (Lipinski definition) is 4. The van der Waals surface area contributed by atoms with E-state index in [1.165, 1.54) is 12.7 Å². The van der Waals surface area contributed by atoms with Crippen LogP contribution in [0, 0.1) is 0 Å². The molecule has 0 bridgehead atoms. The van der Waals surface area contributed by atoms with Gasteiger partial charge in [0.05, 0.1) is 12.9 Å². The Morgan fingerprint density at radius 2 is 1.73 bits per heavy atom. The number of carbonyl (C=O) groups excluding carboxylic acids is 1. The van der Waals surface area contributed by atoms with Crippen molar-refractivity contribution >= 4 is 17.7 Å². The van der Waals surface area contributed by atoms with Gasteiger partial charge < -0.3 is 9.47 Å². The fraction of sp³-hybridized carbons (Fsp3) is 0.278. The number of rotatable bonds is 8. The molecule has 0 radical (unpaired) electrons. The van der Waals surface area contributed by atoms with Gasteiger partial charge in [-0.05, 0) is 35.4 Å². The number of methoxy groups -OCH3 is 1. The molecule has 2 aromatic rings. The predicted octanol–water partition coefficient (Wildman–Crippen LogP) is 3.71. The first-order chi connectivity index (χ1) is 10.8. The van der Waals surface area contributed by atoms with E-state index >= 15 is 0 Å². The molecule has 0 saturated carbocycles. The first kappa shape index (κ1) is 16.4. The van der Waals surface area contributed by atoms with E-state index in [4.69, 9.17) is 4.74 Å². The van der Waals surface area contributed by atoms with E-state index < -0.39 is 0 Å². The Balaban J connectivity index is 1.72. The van der Waals surface area contributed by atoms with Gasteiger partial charge in [-0.2, -0.15) is 0 Å². The second-order valence-corrected chi connectivity index (χ2v) is 5.90. The summed E-state index contributed by atoms with van der Waals surface area (Å²) in [6.45, 7) is 0.579.